The van der Waals surface area contributed by atoms with Crippen LogP contribution in [0, 0.1) is 5.92 Å². The first-order valence-electron chi connectivity index (χ1n) is 5.69. The van der Waals surface area contributed by atoms with Gasteiger partial charge in [0.15, 0.2) is 5.78 Å². The highest BCUT2D eigenvalue weighted by Gasteiger charge is 2.16. The summed E-state index contributed by atoms with van der Waals surface area (Å²) in [7, 11) is 1.54. The van der Waals surface area contributed by atoms with E-state index >= 15 is 0 Å². The molecule has 1 heterocycles. The van der Waals surface area contributed by atoms with E-state index < -0.39 is 5.63 Å². The van der Waals surface area contributed by atoms with Gasteiger partial charge in [0.1, 0.15) is 16.9 Å². The average molecular weight is 246 g/mol. The molecule has 1 aromatic carbocycles. The molecule has 1 aromatic heterocycles. The SMILES string of the molecule is COc1ccc2cc(C(=O)C(C)C)c(=O)oc2c1. The Labute approximate surface area is 104 Å². The molecule has 0 radical (unpaired) electrons. The van der Waals surface area contributed by atoms with Crippen LogP contribution in [0.2, 0.25) is 0 Å². The van der Waals surface area contributed by atoms with Crippen LogP contribution in [-0.4, -0.2) is 12.9 Å². The average Bonchev–Trinajstić information content (AvgIpc) is 2.36. The predicted octanol–water partition coefficient (Wildman–Crippen LogP) is 2.64. The van der Waals surface area contributed by atoms with Crippen molar-refractivity contribution in [2.75, 3.05) is 7.11 Å². The molecule has 2 rings (SSSR count). The zero-order valence-corrected chi connectivity index (χ0v) is 10.5. The van der Waals surface area contributed by atoms with E-state index in [1.54, 1.807) is 38.1 Å². The number of benzene rings is 1. The first-order chi connectivity index (χ1) is 8.52. The third-order valence-electron chi connectivity index (χ3n) is 2.73. The van der Waals surface area contributed by atoms with Crippen LogP contribution in [0.1, 0.15) is 24.2 Å². The Morgan fingerprint density at radius 2 is 2.00 bits per heavy atom. The van der Waals surface area contributed by atoms with Gasteiger partial charge < -0.3 is 9.15 Å². The molecule has 4 heteroatoms. The smallest absolute Gasteiger partial charge is 0.347 e. The number of rotatable bonds is 3. The van der Waals surface area contributed by atoms with Crippen molar-refractivity contribution in [2.45, 2.75) is 13.8 Å². The Hall–Kier alpha value is -2.10. The van der Waals surface area contributed by atoms with Crippen LogP contribution in [0.25, 0.3) is 11.0 Å². The Morgan fingerprint density at radius 1 is 1.28 bits per heavy atom. The van der Waals surface area contributed by atoms with Crippen molar-refractivity contribution >= 4 is 16.8 Å². The first-order valence-corrected chi connectivity index (χ1v) is 5.69. The van der Waals surface area contributed by atoms with Crippen molar-refractivity contribution in [3.05, 3.63) is 40.2 Å². The summed E-state index contributed by atoms with van der Waals surface area (Å²) in [5, 5.41) is 0.708. The number of methoxy groups -OCH3 is 1. The summed E-state index contributed by atoms with van der Waals surface area (Å²) in [6.07, 6.45) is 0. The maximum absolute atomic E-state index is 11.8. The molecule has 0 bridgehead atoms. The van der Waals surface area contributed by atoms with Gasteiger partial charge in [0.2, 0.25) is 0 Å². The molecule has 4 nitrogen and oxygen atoms in total. The zero-order valence-electron chi connectivity index (χ0n) is 10.5. The van der Waals surface area contributed by atoms with Crippen molar-refractivity contribution in [3.8, 4) is 5.75 Å². The molecule has 0 saturated heterocycles. The second-order valence-corrected chi connectivity index (χ2v) is 4.37. The summed E-state index contributed by atoms with van der Waals surface area (Å²) >= 11 is 0. The lowest BCUT2D eigenvalue weighted by molar-refractivity contribution is 0.0936. The topological polar surface area (TPSA) is 56.5 Å². The lowest BCUT2D eigenvalue weighted by Gasteiger charge is -2.05. The van der Waals surface area contributed by atoms with E-state index in [2.05, 4.69) is 0 Å². The molecule has 2 aromatic rings. The van der Waals surface area contributed by atoms with Crippen molar-refractivity contribution < 1.29 is 13.9 Å². The molecule has 0 N–H and O–H groups in total. The molecule has 94 valence electrons. The van der Waals surface area contributed by atoms with Gasteiger partial charge >= 0.3 is 5.63 Å². The molecule has 0 aliphatic rings. The standard InChI is InChI=1S/C14H14O4/c1-8(2)13(15)11-6-9-4-5-10(17-3)7-12(9)18-14(11)16/h4-8H,1-3H3. The Balaban J connectivity index is 2.63. The van der Waals surface area contributed by atoms with E-state index in [4.69, 9.17) is 9.15 Å². The fraction of sp³-hybridized carbons (Fsp3) is 0.286. The van der Waals surface area contributed by atoms with E-state index in [9.17, 15) is 9.59 Å². The Bertz CT molecular complexity index is 652. The highest BCUT2D eigenvalue weighted by molar-refractivity contribution is 5.99. The first kappa shape index (κ1) is 12.4. The number of ether oxygens (including phenoxy) is 1. The van der Waals surface area contributed by atoms with Crippen LogP contribution in [-0.2, 0) is 0 Å². The molecule has 0 spiro atoms. The molecule has 0 fully saturated rings. The fourth-order valence-electron chi connectivity index (χ4n) is 1.70. The molecule has 0 aliphatic carbocycles. The summed E-state index contributed by atoms with van der Waals surface area (Å²) < 4.78 is 10.2. The van der Waals surface area contributed by atoms with Gasteiger partial charge in [0, 0.05) is 17.4 Å². The van der Waals surface area contributed by atoms with Crippen LogP contribution >= 0.6 is 0 Å². The summed E-state index contributed by atoms with van der Waals surface area (Å²) in [6, 6.07) is 6.71. The lowest BCUT2D eigenvalue weighted by atomic mass is 10.0. The van der Waals surface area contributed by atoms with E-state index in [1.807, 2.05) is 0 Å². The minimum absolute atomic E-state index is 0.0997. The zero-order chi connectivity index (χ0) is 13.3. The summed E-state index contributed by atoms with van der Waals surface area (Å²) in [5.41, 5.74) is -0.0863. The van der Waals surface area contributed by atoms with E-state index in [-0.39, 0.29) is 17.3 Å². The second-order valence-electron chi connectivity index (χ2n) is 4.37. The molecular formula is C14H14O4. The molecule has 0 atom stereocenters. The number of carbonyl (C=O) groups is 1. The van der Waals surface area contributed by atoms with Crippen LogP contribution in [0.4, 0.5) is 0 Å². The summed E-state index contributed by atoms with van der Waals surface area (Å²) in [6.45, 7) is 3.50. The minimum atomic E-state index is -0.602. The van der Waals surface area contributed by atoms with Crippen molar-refractivity contribution in [1.82, 2.24) is 0 Å². The number of ketones is 1. The summed E-state index contributed by atoms with van der Waals surface area (Å²) in [4.78, 5) is 23.6. The quantitative estimate of drug-likeness (QED) is 0.617. The van der Waals surface area contributed by atoms with Gasteiger partial charge in [-0.25, -0.2) is 4.79 Å². The van der Waals surface area contributed by atoms with Crippen LogP contribution in [0.5, 0.6) is 5.75 Å². The van der Waals surface area contributed by atoms with Gasteiger partial charge in [-0.2, -0.15) is 0 Å². The molecule has 0 amide bonds. The third kappa shape index (κ3) is 2.14. The van der Waals surface area contributed by atoms with Crippen LogP contribution in [0.3, 0.4) is 0 Å². The molecule has 0 saturated carbocycles. The number of hydrogen-bond acceptors (Lipinski definition) is 4. The lowest BCUT2D eigenvalue weighted by Crippen LogP contribution is -2.18. The van der Waals surface area contributed by atoms with Gasteiger partial charge in [0.05, 0.1) is 7.11 Å². The molecule has 0 aliphatic heterocycles. The third-order valence-corrected chi connectivity index (χ3v) is 2.73. The summed E-state index contributed by atoms with van der Waals surface area (Å²) in [5.74, 6) is 0.165. The highest BCUT2D eigenvalue weighted by Crippen LogP contribution is 2.20. The fourth-order valence-corrected chi connectivity index (χ4v) is 1.70. The predicted molar refractivity (Wildman–Crippen MR) is 68.2 cm³/mol. The normalized spacial score (nSPS) is 10.9. The van der Waals surface area contributed by atoms with E-state index in [1.165, 1.54) is 7.11 Å². The van der Waals surface area contributed by atoms with E-state index in [0.29, 0.717) is 16.7 Å². The van der Waals surface area contributed by atoms with Gasteiger partial charge in [-0.15, -0.1) is 0 Å². The monoisotopic (exact) mass is 246 g/mol. The van der Waals surface area contributed by atoms with Gasteiger partial charge in [-0.05, 0) is 18.2 Å². The maximum atomic E-state index is 11.8. The van der Waals surface area contributed by atoms with Gasteiger partial charge in [-0.3, -0.25) is 4.79 Å². The maximum Gasteiger partial charge on any atom is 0.347 e. The molecule has 0 unspecified atom stereocenters. The number of Topliss-reactive ketones (excluding diaryl/α,β-unsaturated/α-hetero) is 1. The van der Waals surface area contributed by atoms with Crippen molar-refractivity contribution in [2.24, 2.45) is 5.92 Å². The number of hydrogen-bond donors (Lipinski definition) is 0. The van der Waals surface area contributed by atoms with Crippen molar-refractivity contribution in [3.63, 3.8) is 0 Å². The molecule has 18 heavy (non-hydrogen) atoms. The Kier molecular flexibility index (Phi) is 3.19. The molecular weight excluding hydrogens is 232 g/mol. The Morgan fingerprint density at radius 3 is 2.61 bits per heavy atom. The second kappa shape index (κ2) is 4.64. The van der Waals surface area contributed by atoms with Gasteiger partial charge in [0.25, 0.3) is 0 Å². The number of carbonyl (C=O) groups excluding carboxylic acids is 1. The van der Waals surface area contributed by atoms with E-state index in [0.717, 1.165) is 0 Å². The number of fused-ring (bicyclic) bond motifs is 1. The van der Waals surface area contributed by atoms with Crippen LogP contribution < -0.4 is 10.4 Å². The van der Waals surface area contributed by atoms with Gasteiger partial charge in [-0.1, -0.05) is 13.8 Å². The largest absolute Gasteiger partial charge is 0.497 e. The highest BCUT2D eigenvalue weighted by atomic mass is 16.5. The minimum Gasteiger partial charge on any atom is -0.497 e. The van der Waals surface area contributed by atoms with Crippen LogP contribution in [0.15, 0.2) is 33.5 Å². The van der Waals surface area contributed by atoms with Crippen molar-refractivity contribution in [1.29, 1.82) is 0 Å².